The summed E-state index contributed by atoms with van der Waals surface area (Å²) >= 11 is 0.888. The Balaban J connectivity index is 0.968. The molecule has 2 aliphatic rings. The van der Waals surface area contributed by atoms with Gasteiger partial charge in [0.05, 0.1) is 22.0 Å². The summed E-state index contributed by atoms with van der Waals surface area (Å²) in [6.07, 6.45) is 5.36. The average Bonchev–Trinajstić information content (AvgIpc) is 3.41. The van der Waals surface area contributed by atoms with Crippen molar-refractivity contribution in [1.29, 1.82) is 0 Å². The van der Waals surface area contributed by atoms with Crippen LogP contribution in [0.15, 0.2) is 102 Å². The molecule has 2 amide bonds. The van der Waals surface area contributed by atoms with E-state index in [0.29, 0.717) is 29.0 Å². The van der Waals surface area contributed by atoms with Gasteiger partial charge in [-0.15, -0.1) is 0 Å². The molecule has 2 N–H and O–H groups in total. The molecule has 4 heterocycles. The molecule has 2 aliphatic heterocycles. The minimum absolute atomic E-state index is 0.346. The van der Waals surface area contributed by atoms with Crippen molar-refractivity contribution in [3.63, 3.8) is 0 Å². The molecule has 0 aliphatic carbocycles. The van der Waals surface area contributed by atoms with Crippen molar-refractivity contribution < 1.29 is 14.3 Å². The normalized spacial score (nSPS) is 16.3. The quantitative estimate of drug-likeness (QED) is 0.170. The Kier molecular flexibility index (Phi) is 8.71. The summed E-state index contributed by atoms with van der Waals surface area (Å²) in [5.74, 6) is 2.38. The second kappa shape index (κ2) is 13.5. The Morgan fingerprint density at radius 2 is 1.67 bits per heavy atom. The number of pyridine rings is 1. The van der Waals surface area contributed by atoms with Crippen LogP contribution in [0.2, 0.25) is 0 Å². The molecule has 2 aromatic heterocycles. The highest BCUT2D eigenvalue weighted by Gasteiger charge is 2.26. The molecule has 3 aromatic carbocycles. The van der Waals surface area contributed by atoms with Crippen LogP contribution in [0.25, 0.3) is 28.1 Å². The SMILES string of the molecule is O=C1NC(=O)C(=Cc2ccnc(N3CCC(CNCc4nc(-c5ccc(Oc6ccccc6)cc5)cc5ccccc45)CC3)n2)S1. The number of thioether (sulfide) groups is 1. The van der Waals surface area contributed by atoms with Crippen molar-refractivity contribution in [2.45, 2.75) is 19.4 Å². The molecular formula is C36H32N6O3S. The van der Waals surface area contributed by atoms with E-state index in [2.05, 4.69) is 68.0 Å². The van der Waals surface area contributed by atoms with E-state index in [-0.39, 0.29) is 11.1 Å². The second-order valence-corrected chi connectivity index (χ2v) is 12.3. The van der Waals surface area contributed by atoms with Crippen LogP contribution in [0.3, 0.4) is 0 Å². The first-order valence-electron chi connectivity index (χ1n) is 15.3. The molecule has 2 saturated heterocycles. The molecule has 5 aromatic rings. The number of nitrogens with one attached hydrogen (secondary N) is 2. The predicted molar refractivity (Wildman–Crippen MR) is 181 cm³/mol. The fourth-order valence-corrected chi connectivity index (χ4v) is 6.42. The number of amides is 2. The maximum atomic E-state index is 11.9. The van der Waals surface area contributed by atoms with Crippen molar-refractivity contribution in [1.82, 2.24) is 25.6 Å². The van der Waals surface area contributed by atoms with Gasteiger partial charge in [-0.25, -0.2) is 9.97 Å². The lowest BCUT2D eigenvalue weighted by Gasteiger charge is -2.32. The predicted octanol–water partition coefficient (Wildman–Crippen LogP) is 6.81. The number of piperidine rings is 1. The van der Waals surface area contributed by atoms with Crippen LogP contribution < -0.4 is 20.3 Å². The fraction of sp³-hybridized carbons (Fsp3) is 0.194. The lowest BCUT2D eigenvalue weighted by atomic mass is 9.97. The van der Waals surface area contributed by atoms with Gasteiger partial charge in [0, 0.05) is 36.8 Å². The lowest BCUT2D eigenvalue weighted by Crippen LogP contribution is -2.38. The van der Waals surface area contributed by atoms with E-state index in [9.17, 15) is 9.59 Å². The van der Waals surface area contributed by atoms with E-state index >= 15 is 0 Å². The largest absolute Gasteiger partial charge is 0.457 e. The molecule has 230 valence electrons. The molecule has 0 unspecified atom stereocenters. The van der Waals surface area contributed by atoms with Crippen LogP contribution in [-0.4, -0.2) is 45.7 Å². The summed E-state index contributed by atoms with van der Waals surface area (Å²) in [6, 6.07) is 30.2. The fourth-order valence-electron chi connectivity index (χ4n) is 5.75. The van der Waals surface area contributed by atoms with Crippen LogP contribution in [0.5, 0.6) is 11.5 Å². The molecule has 46 heavy (non-hydrogen) atoms. The van der Waals surface area contributed by atoms with E-state index < -0.39 is 0 Å². The number of rotatable bonds is 9. The van der Waals surface area contributed by atoms with Crippen molar-refractivity contribution in [2.24, 2.45) is 5.92 Å². The van der Waals surface area contributed by atoms with Crippen LogP contribution in [0, 0.1) is 5.92 Å². The van der Waals surface area contributed by atoms with Crippen LogP contribution >= 0.6 is 11.8 Å². The molecular weight excluding hydrogens is 597 g/mol. The summed E-state index contributed by atoms with van der Waals surface area (Å²) in [5.41, 5.74) is 3.62. The maximum Gasteiger partial charge on any atom is 0.290 e. The molecule has 9 nitrogen and oxygen atoms in total. The van der Waals surface area contributed by atoms with E-state index in [1.165, 1.54) is 5.39 Å². The molecule has 10 heteroatoms. The Morgan fingerprint density at radius 3 is 2.46 bits per heavy atom. The highest BCUT2D eigenvalue weighted by Crippen LogP contribution is 2.29. The number of imide groups is 1. The molecule has 2 fully saturated rings. The Bertz CT molecular complexity index is 1910. The number of hydrogen-bond acceptors (Lipinski definition) is 9. The molecule has 0 saturated carbocycles. The zero-order valence-corrected chi connectivity index (χ0v) is 25.9. The molecule has 0 atom stereocenters. The summed E-state index contributed by atoms with van der Waals surface area (Å²) in [7, 11) is 0. The van der Waals surface area contributed by atoms with Gasteiger partial charge in [0.1, 0.15) is 11.5 Å². The van der Waals surface area contributed by atoms with Gasteiger partial charge >= 0.3 is 0 Å². The average molecular weight is 629 g/mol. The minimum Gasteiger partial charge on any atom is -0.457 e. The Hall–Kier alpha value is -5.06. The third-order valence-corrected chi connectivity index (χ3v) is 8.97. The van der Waals surface area contributed by atoms with Crippen molar-refractivity contribution >= 4 is 45.7 Å². The van der Waals surface area contributed by atoms with Gasteiger partial charge in [-0.05, 0) is 97.1 Å². The molecule has 0 spiro atoms. The number of anilines is 1. The number of benzene rings is 3. The smallest absolute Gasteiger partial charge is 0.290 e. The Morgan fingerprint density at radius 1 is 0.913 bits per heavy atom. The number of carbonyl (C=O) groups excluding carboxylic acids is 2. The number of fused-ring (bicyclic) bond motifs is 1. The monoisotopic (exact) mass is 628 g/mol. The Labute approximate surface area is 271 Å². The van der Waals surface area contributed by atoms with Crippen molar-refractivity contribution in [3.05, 3.63) is 113 Å². The summed E-state index contributed by atoms with van der Waals surface area (Å²) in [4.78, 5) is 40.1. The topological polar surface area (TPSA) is 109 Å². The zero-order valence-electron chi connectivity index (χ0n) is 25.1. The first kappa shape index (κ1) is 29.6. The first-order chi connectivity index (χ1) is 22.6. The highest BCUT2D eigenvalue weighted by molar-refractivity contribution is 8.18. The third kappa shape index (κ3) is 6.93. The second-order valence-electron chi connectivity index (χ2n) is 11.3. The van der Waals surface area contributed by atoms with E-state index in [1.807, 2.05) is 42.5 Å². The van der Waals surface area contributed by atoms with E-state index in [1.54, 1.807) is 18.3 Å². The number of aromatic nitrogens is 3. The number of hydrogen-bond donors (Lipinski definition) is 2. The minimum atomic E-state index is -0.387. The zero-order chi connectivity index (χ0) is 31.3. The molecule has 0 bridgehead atoms. The number of nitrogens with zero attached hydrogens (tertiary/aromatic N) is 4. The van der Waals surface area contributed by atoms with Gasteiger partial charge in [0.25, 0.3) is 11.1 Å². The van der Waals surface area contributed by atoms with E-state index in [4.69, 9.17) is 9.72 Å². The van der Waals surface area contributed by atoms with Gasteiger partial charge in [-0.2, -0.15) is 0 Å². The molecule has 0 radical (unpaired) electrons. The van der Waals surface area contributed by atoms with Crippen LogP contribution in [0.1, 0.15) is 24.2 Å². The van der Waals surface area contributed by atoms with Crippen LogP contribution in [-0.2, 0) is 11.3 Å². The van der Waals surface area contributed by atoms with Crippen molar-refractivity contribution in [2.75, 3.05) is 24.5 Å². The lowest BCUT2D eigenvalue weighted by molar-refractivity contribution is -0.115. The summed E-state index contributed by atoms with van der Waals surface area (Å²) in [5, 5.41) is 7.91. The third-order valence-electron chi connectivity index (χ3n) is 8.16. The van der Waals surface area contributed by atoms with Gasteiger partial charge in [0.15, 0.2) is 0 Å². The summed E-state index contributed by atoms with van der Waals surface area (Å²) in [6.45, 7) is 3.27. The van der Waals surface area contributed by atoms with Gasteiger partial charge < -0.3 is 15.0 Å². The first-order valence-corrected chi connectivity index (χ1v) is 16.1. The van der Waals surface area contributed by atoms with E-state index in [0.717, 1.165) is 78.1 Å². The van der Waals surface area contributed by atoms with Gasteiger partial charge in [-0.3, -0.25) is 19.9 Å². The number of para-hydroxylation sites is 1. The number of ether oxygens (including phenoxy) is 1. The summed E-state index contributed by atoms with van der Waals surface area (Å²) < 4.78 is 5.98. The maximum absolute atomic E-state index is 11.9. The van der Waals surface area contributed by atoms with Gasteiger partial charge in [0.2, 0.25) is 5.95 Å². The highest BCUT2D eigenvalue weighted by atomic mass is 32.2. The van der Waals surface area contributed by atoms with Crippen LogP contribution in [0.4, 0.5) is 10.7 Å². The molecule has 7 rings (SSSR count). The van der Waals surface area contributed by atoms with Crippen molar-refractivity contribution in [3.8, 4) is 22.8 Å². The standard InChI is InChI=1S/C36H32N6O3S/c43-34-33(46-36(44)41-34)21-27-14-17-38-35(39-27)42-18-15-24(16-19-42)22-37-23-32-30-9-5-4-6-26(30)20-31(40-32)25-10-12-29(13-11-25)45-28-7-2-1-3-8-28/h1-14,17,20-21,24,37H,15-16,18-19,22-23H2,(H,41,43,44). The van der Waals surface area contributed by atoms with Gasteiger partial charge in [-0.1, -0.05) is 42.5 Å². The number of carbonyl (C=O) groups is 2.